The van der Waals surface area contributed by atoms with Gasteiger partial charge in [-0.2, -0.15) is 0 Å². The van der Waals surface area contributed by atoms with Crippen LogP contribution in [0.2, 0.25) is 0 Å². The first-order valence-corrected chi connectivity index (χ1v) is 8.42. The summed E-state index contributed by atoms with van der Waals surface area (Å²) in [6, 6.07) is 1.24. The van der Waals surface area contributed by atoms with E-state index in [1.165, 1.54) is 44.6 Å². The van der Waals surface area contributed by atoms with Gasteiger partial charge in [0.2, 0.25) is 0 Å². The summed E-state index contributed by atoms with van der Waals surface area (Å²) in [5, 5.41) is 20.5. The zero-order chi connectivity index (χ0) is 20.8. The second-order valence-electron chi connectivity index (χ2n) is 6.00. The van der Waals surface area contributed by atoms with Crippen LogP contribution >= 0.6 is 0 Å². The Balaban J connectivity index is 2.62. The topological polar surface area (TPSA) is 102 Å². The molecule has 0 bridgehead atoms. The Labute approximate surface area is 162 Å². The minimum atomic E-state index is -1.11. The molecule has 0 unspecified atom stereocenters. The second kappa shape index (κ2) is 9.05. The highest BCUT2D eigenvalue weighted by molar-refractivity contribution is 6.04. The van der Waals surface area contributed by atoms with Crippen molar-refractivity contribution in [2.75, 3.05) is 14.2 Å². The third-order valence-electron chi connectivity index (χ3n) is 4.10. The van der Waals surface area contributed by atoms with Crippen molar-refractivity contribution < 1.29 is 34.0 Å². The van der Waals surface area contributed by atoms with Crippen LogP contribution in [0.1, 0.15) is 28.8 Å². The number of ether oxygens (including phenoxy) is 3. The summed E-state index contributed by atoms with van der Waals surface area (Å²) in [4.78, 5) is 24.6. The molecule has 1 aliphatic rings. The molecule has 0 saturated heterocycles. The lowest BCUT2D eigenvalue weighted by atomic mass is 10.00. The van der Waals surface area contributed by atoms with Crippen molar-refractivity contribution in [3.8, 4) is 17.2 Å². The van der Waals surface area contributed by atoms with Gasteiger partial charge >= 0.3 is 5.97 Å². The maximum Gasteiger partial charge on any atom is 0.347 e. The van der Waals surface area contributed by atoms with E-state index in [9.17, 15) is 19.8 Å². The van der Waals surface area contributed by atoms with Gasteiger partial charge in [0.15, 0.2) is 17.3 Å². The van der Waals surface area contributed by atoms with Crippen molar-refractivity contribution in [1.29, 1.82) is 0 Å². The molecule has 28 heavy (non-hydrogen) atoms. The molecule has 2 rings (SSSR count). The number of hydrogen-bond donors (Lipinski definition) is 2. The van der Waals surface area contributed by atoms with E-state index in [4.69, 9.17) is 14.2 Å². The molecular formula is C21H22O7. The standard InChI is InChI=1S/C21H22O7/c1-12-7-5-9-15(22)13(2)16(23)10-6-8-14-19(21(25)28-12)17(24)11-18(26-3)20(14)27-4/h5-6,8-9,11,16,23-24H,1-2,7,10H2,3-4H3/b8-6+,9-5-/t16-/m0/s1. The minimum absolute atomic E-state index is 0.0289. The van der Waals surface area contributed by atoms with Crippen LogP contribution in [0, 0.1) is 0 Å². The number of aliphatic hydroxyl groups excluding tert-OH is 1. The first kappa shape index (κ1) is 21.0. The summed E-state index contributed by atoms with van der Waals surface area (Å²) in [5.41, 5.74) is 0.0932. The average molecular weight is 386 g/mol. The summed E-state index contributed by atoms with van der Waals surface area (Å²) >= 11 is 0. The molecule has 1 atom stereocenters. The Morgan fingerprint density at radius 1 is 1.14 bits per heavy atom. The molecule has 0 spiro atoms. The maximum absolute atomic E-state index is 12.6. The van der Waals surface area contributed by atoms with E-state index in [0.29, 0.717) is 0 Å². The van der Waals surface area contributed by atoms with Gasteiger partial charge in [0.25, 0.3) is 0 Å². The zero-order valence-electron chi connectivity index (χ0n) is 15.7. The summed E-state index contributed by atoms with van der Waals surface area (Å²) in [5.74, 6) is -1.16. The highest BCUT2D eigenvalue weighted by atomic mass is 16.5. The highest BCUT2D eigenvalue weighted by Gasteiger charge is 2.25. The largest absolute Gasteiger partial charge is 0.507 e. The van der Waals surface area contributed by atoms with Crippen LogP contribution in [0.3, 0.4) is 0 Å². The fraction of sp³-hybridized carbons (Fsp3) is 0.238. The molecule has 7 nitrogen and oxygen atoms in total. The molecule has 0 saturated carbocycles. The van der Waals surface area contributed by atoms with Gasteiger partial charge in [-0.15, -0.1) is 0 Å². The number of phenols is 1. The SMILES string of the molecule is C=C1C/C=C\C(=O)C(=C)[C@@H](O)C/C=C/c2c(OC)c(OC)cc(O)c2C(=O)O1. The van der Waals surface area contributed by atoms with Crippen LogP contribution < -0.4 is 9.47 Å². The molecule has 0 amide bonds. The molecule has 0 radical (unpaired) electrons. The number of allylic oxidation sites excluding steroid dienone is 2. The minimum Gasteiger partial charge on any atom is -0.507 e. The molecule has 0 aromatic heterocycles. The van der Waals surface area contributed by atoms with Crippen LogP contribution in [0.5, 0.6) is 17.2 Å². The lowest BCUT2D eigenvalue weighted by Gasteiger charge is -2.17. The van der Waals surface area contributed by atoms with Crippen molar-refractivity contribution in [2.24, 2.45) is 0 Å². The van der Waals surface area contributed by atoms with Gasteiger partial charge in [0.1, 0.15) is 17.1 Å². The van der Waals surface area contributed by atoms with E-state index in [1.54, 1.807) is 0 Å². The van der Waals surface area contributed by atoms with Gasteiger partial charge in [-0.05, 0) is 12.5 Å². The number of aliphatic hydroxyl groups is 1. The van der Waals surface area contributed by atoms with Gasteiger partial charge < -0.3 is 24.4 Å². The normalized spacial score (nSPS) is 20.6. The van der Waals surface area contributed by atoms with Crippen molar-refractivity contribution in [1.82, 2.24) is 0 Å². The van der Waals surface area contributed by atoms with Crippen molar-refractivity contribution in [3.05, 3.63) is 59.9 Å². The summed E-state index contributed by atoms with van der Waals surface area (Å²) in [6.07, 6.45) is 4.72. The molecule has 1 aliphatic heterocycles. The fourth-order valence-corrected chi connectivity index (χ4v) is 2.63. The molecule has 7 heteroatoms. The van der Waals surface area contributed by atoms with Crippen molar-refractivity contribution in [3.63, 3.8) is 0 Å². The van der Waals surface area contributed by atoms with Crippen LogP contribution in [-0.2, 0) is 9.53 Å². The van der Waals surface area contributed by atoms with E-state index in [1.807, 2.05) is 0 Å². The van der Waals surface area contributed by atoms with Crippen LogP contribution in [0.25, 0.3) is 6.08 Å². The van der Waals surface area contributed by atoms with E-state index in [-0.39, 0.29) is 52.5 Å². The quantitative estimate of drug-likeness (QED) is 0.595. The first-order valence-electron chi connectivity index (χ1n) is 8.42. The smallest absolute Gasteiger partial charge is 0.347 e. The lowest BCUT2D eigenvalue weighted by molar-refractivity contribution is -0.112. The predicted octanol–water partition coefficient (Wildman–Crippen LogP) is 2.93. The third kappa shape index (κ3) is 4.50. The Morgan fingerprint density at radius 2 is 1.86 bits per heavy atom. The summed E-state index contributed by atoms with van der Waals surface area (Å²) < 4.78 is 15.7. The zero-order valence-corrected chi connectivity index (χ0v) is 15.7. The van der Waals surface area contributed by atoms with E-state index >= 15 is 0 Å². The number of esters is 1. The number of ketones is 1. The number of carbonyl (C=O) groups excluding carboxylic acids is 2. The van der Waals surface area contributed by atoms with Crippen LogP contribution in [-0.4, -0.2) is 42.3 Å². The fourth-order valence-electron chi connectivity index (χ4n) is 2.63. The van der Waals surface area contributed by atoms with E-state index < -0.39 is 17.9 Å². The number of hydrogen-bond acceptors (Lipinski definition) is 7. The number of benzene rings is 1. The predicted molar refractivity (Wildman–Crippen MR) is 103 cm³/mol. The number of cyclic esters (lactones) is 1. The highest BCUT2D eigenvalue weighted by Crippen LogP contribution is 2.40. The van der Waals surface area contributed by atoms with Crippen LogP contribution in [0.4, 0.5) is 0 Å². The number of rotatable bonds is 2. The monoisotopic (exact) mass is 386 g/mol. The Morgan fingerprint density at radius 3 is 2.50 bits per heavy atom. The number of carbonyl (C=O) groups is 2. The van der Waals surface area contributed by atoms with Crippen LogP contribution in [0.15, 0.2) is 48.8 Å². The average Bonchev–Trinajstić information content (AvgIpc) is 2.65. The molecule has 0 aliphatic carbocycles. The van der Waals surface area contributed by atoms with Crippen molar-refractivity contribution in [2.45, 2.75) is 18.9 Å². The molecule has 1 aromatic rings. The Kier molecular flexibility index (Phi) is 6.79. The number of methoxy groups -OCH3 is 2. The first-order chi connectivity index (χ1) is 13.3. The molecule has 1 heterocycles. The second-order valence-corrected chi connectivity index (χ2v) is 6.00. The molecule has 148 valence electrons. The van der Waals surface area contributed by atoms with Gasteiger partial charge in [-0.1, -0.05) is 31.4 Å². The number of fused-ring (bicyclic) bond motifs is 1. The molecule has 0 fully saturated rings. The Hall–Kier alpha value is -3.32. The molecule has 2 N–H and O–H groups in total. The van der Waals surface area contributed by atoms with Gasteiger partial charge in [0, 0.05) is 23.6 Å². The summed E-state index contributed by atoms with van der Waals surface area (Å²) in [7, 11) is 2.78. The molecular weight excluding hydrogens is 364 g/mol. The van der Waals surface area contributed by atoms with Gasteiger partial charge in [0.05, 0.1) is 20.3 Å². The van der Waals surface area contributed by atoms with Gasteiger partial charge in [-0.25, -0.2) is 4.79 Å². The van der Waals surface area contributed by atoms with E-state index in [0.717, 1.165) is 0 Å². The number of phenolic OH excluding ortho intramolecular Hbond substituents is 1. The maximum atomic E-state index is 12.6. The number of aromatic hydroxyl groups is 1. The van der Waals surface area contributed by atoms with Crippen molar-refractivity contribution >= 4 is 17.8 Å². The lowest BCUT2D eigenvalue weighted by Crippen LogP contribution is -2.15. The van der Waals surface area contributed by atoms with E-state index in [2.05, 4.69) is 13.2 Å². The Bertz CT molecular complexity index is 877. The van der Waals surface area contributed by atoms with Gasteiger partial charge in [-0.3, -0.25) is 4.79 Å². The summed E-state index contributed by atoms with van der Waals surface area (Å²) in [6.45, 7) is 7.26. The third-order valence-corrected chi connectivity index (χ3v) is 4.10. The molecule has 1 aromatic carbocycles.